The van der Waals surface area contributed by atoms with Gasteiger partial charge in [0.15, 0.2) is 0 Å². The van der Waals surface area contributed by atoms with Crippen molar-refractivity contribution in [2.45, 2.75) is 26.7 Å². The van der Waals surface area contributed by atoms with Crippen LogP contribution in [0.1, 0.15) is 37.8 Å². The Kier molecular flexibility index (Phi) is 5.45. The summed E-state index contributed by atoms with van der Waals surface area (Å²) in [6, 6.07) is 13.5. The number of benzene rings is 2. The molecule has 1 aliphatic rings. The molecule has 0 unspecified atom stereocenters. The standard InChI is InChI=1S/C23H22FNO3/c1-14(2)17-8-10-19(11-9-17)25-15(3)21(23(27)28-4)20(22(25)26)13-16-6-5-7-18(24)12-16/h5-14H,1-4H3/b20-13-. The Labute approximate surface area is 163 Å². The maximum absolute atomic E-state index is 13.6. The molecule has 0 fully saturated rings. The van der Waals surface area contributed by atoms with Crippen LogP contribution in [0.4, 0.5) is 10.1 Å². The molecule has 0 aromatic heterocycles. The van der Waals surface area contributed by atoms with E-state index in [4.69, 9.17) is 4.74 Å². The van der Waals surface area contributed by atoms with Gasteiger partial charge in [-0.25, -0.2) is 9.18 Å². The minimum atomic E-state index is -0.602. The minimum Gasteiger partial charge on any atom is -0.465 e. The number of rotatable bonds is 4. The van der Waals surface area contributed by atoms with Crippen LogP contribution in [-0.4, -0.2) is 19.0 Å². The van der Waals surface area contributed by atoms with Gasteiger partial charge in [0.2, 0.25) is 0 Å². The normalized spacial score (nSPS) is 15.7. The average molecular weight is 379 g/mol. The lowest BCUT2D eigenvalue weighted by Gasteiger charge is -2.19. The number of halogens is 1. The van der Waals surface area contributed by atoms with E-state index in [-0.39, 0.29) is 17.1 Å². The number of carbonyl (C=O) groups is 2. The molecule has 0 spiro atoms. The Morgan fingerprint density at radius 3 is 2.39 bits per heavy atom. The molecule has 2 aromatic rings. The Balaban J connectivity index is 2.09. The van der Waals surface area contributed by atoms with Crippen molar-refractivity contribution in [3.63, 3.8) is 0 Å². The molecule has 144 valence electrons. The fourth-order valence-corrected chi connectivity index (χ4v) is 3.26. The first-order valence-corrected chi connectivity index (χ1v) is 9.04. The van der Waals surface area contributed by atoms with Gasteiger partial charge in [-0.3, -0.25) is 9.69 Å². The van der Waals surface area contributed by atoms with Crippen LogP contribution in [0, 0.1) is 5.82 Å². The number of hydrogen-bond donors (Lipinski definition) is 0. The van der Waals surface area contributed by atoms with E-state index in [1.165, 1.54) is 30.2 Å². The summed E-state index contributed by atoms with van der Waals surface area (Å²) in [7, 11) is 1.27. The van der Waals surface area contributed by atoms with Crippen LogP contribution in [0.25, 0.3) is 6.08 Å². The summed E-state index contributed by atoms with van der Waals surface area (Å²) < 4.78 is 18.4. The molecule has 0 atom stereocenters. The van der Waals surface area contributed by atoms with Gasteiger partial charge in [-0.1, -0.05) is 38.1 Å². The van der Waals surface area contributed by atoms with Crippen molar-refractivity contribution in [2.75, 3.05) is 12.0 Å². The van der Waals surface area contributed by atoms with E-state index < -0.39 is 11.8 Å². The molecule has 3 rings (SSSR count). The molecule has 5 heteroatoms. The van der Waals surface area contributed by atoms with Crippen LogP contribution in [0.3, 0.4) is 0 Å². The van der Waals surface area contributed by atoms with Crippen molar-refractivity contribution >= 4 is 23.6 Å². The first-order chi connectivity index (χ1) is 13.3. The van der Waals surface area contributed by atoms with Crippen molar-refractivity contribution in [1.82, 2.24) is 0 Å². The van der Waals surface area contributed by atoms with Crippen molar-refractivity contribution < 1.29 is 18.7 Å². The number of carbonyl (C=O) groups excluding carboxylic acids is 2. The van der Waals surface area contributed by atoms with Crippen molar-refractivity contribution in [3.05, 3.63) is 82.3 Å². The second kappa shape index (κ2) is 7.80. The zero-order valence-electron chi connectivity index (χ0n) is 16.3. The monoisotopic (exact) mass is 379 g/mol. The van der Waals surface area contributed by atoms with E-state index in [9.17, 15) is 14.0 Å². The highest BCUT2D eigenvalue weighted by molar-refractivity contribution is 6.23. The smallest absolute Gasteiger partial charge is 0.340 e. The number of nitrogens with zero attached hydrogens (tertiary/aromatic N) is 1. The number of anilines is 1. The summed E-state index contributed by atoms with van der Waals surface area (Å²) in [6.45, 7) is 5.89. The lowest BCUT2D eigenvalue weighted by Crippen LogP contribution is -2.24. The number of esters is 1. The molecule has 1 amide bonds. The summed E-state index contributed by atoms with van der Waals surface area (Å²) in [6.07, 6.45) is 1.52. The van der Waals surface area contributed by atoms with Gasteiger partial charge in [0.05, 0.1) is 18.3 Å². The van der Waals surface area contributed by atoms with Crippen LogP contribution >= 0.6 is 0 Å². The Hall–Kier alpha value is -3.21. The lowest BCUT2D eigenvalue weighted by molar-refractivity contribution is -0.136. The third-order valence-electron chi connectivity index (χ3n) is 4.77. The average Bonchev–Trinajstić information content (AvgIpc) is 2.91. The number of ether oxygens (including phenoxy) is 1. The highest BCUT2D eigenvalue weighted by Gasteiger charge is 2.37. The number of amides is 1. The van der Waals surface area contributed by atoms with Gasteiger partial charge in [-0.2, -0.15) is 0 Å². The SMILES string of the molecule is COC(=O)C1=C(C)N(c2ccc(C(C)C)cc2)C(=O)/C1=C\c1cccc(F)c1. The van der Waals surface area contributed by atoms with Crippen LogP contribution in [0.15, 0.2) is 65.4 Å². The molecule has 0 saturated heterocycles. The second-order valence-electron chi connectivity index (χ2n) is 6.95. The molecule has 1 aliphatic heterocycles. The molecule has 0 N–H and O–H groups in total. The molecule has 2 aromatic carbocycles. The summed E-state index contributed by atoms with van der Waals surface area (Å²) >= 11 is 0. The maximum Gasteiger partial charge on any atom is 0.340 e. The molecule has 0 saturated carbocycles. The highest BCUT2D eigenvalue weighted by atomic mass is 19.1. The quantitative estimate of drug-likeness (QED) is 0.565. The Bertz CT molecular complexity index is 987. The van der Waals surface area contributed by atoms with Gasteiger partial charge in [0.25, 0.3) is 5.91 Å². The summed E-state index contributed by atoms with van der Waals surface area (Å²) in [5.41, 5.74) is 3.16. The Morgan fingerprint density at radius 2 is 1.82 bits per heavy atom. The zero-order chi connectivity index (χ0) is 20.4. The zero-order valence-corrected chi connectivity index (χ0v) is 16.3. The van der Waals surface area contributed by atoms with Gasteiger partial charge < -0.3 is 4.74 Å². The van der Waals surface area contributed by atoms with Crippen LogP contribution in [0.2, 0.25) is 0 Å². The summed E-state index contributed by atoms with van der Waals surface area (Å²) in [4.78, 5) is 27.0. The van der Waals surface area contributed by atoms with Crippen LogP contribution in [-0.2, 0) is 14.3 Å². The predicted molar refractivity (Wildman–Crippen MR) is 107 cm³/mol. The van der Waals surface area contributed by atoms with Gasteiger partial charge in [0.1, 0.15) is 5.82 Å². The van der Waals surface area contributed by atoms with Crippen LogP contribution < -0.4 is 4.90 Å². The number of allylic oxidation sites excluding steroid dienone is 1. The van der Waals surface area contributed by atoms with Crippen molar-refractivity contribution in [1.29, 1.82) is 0 Å². The molecule has 0 radical (unpaired) electrons. The summed E-state index contributed by atoms with van der Waals surface area (Å²) in [5, 5.41) is 0. The largest absolute Gasteiger partial charge is 0.465 e. The fourth-order valence-electron chi connectivity index (χ4n) is 3.26. The third-order valence-corrected chi connectivity index (χ3v) is 4.77. The van der Waals surface area contributed by atoms with Crippen LogP contribution in [0.5, 0.6) is 0 Å². The first kappa shape index (κ1) is 19.5. The number of methoxy groups -OCH3 is 1. The molecule has 28 heavy (non-hydrogen) atoms. The van der Waals surface area contributed by atoms with Gasteiger partial charge in [-0.15, -0.1) is 0 Å². The second-order valence-corrected chi connectivity index (χ2v) is 6.95. The lowest BCUT2D eigenvalue weighted by atomic mass is 10.0. The number of hydrogen-bond acceptors (Lipinski definition) is 3. The predicted octanol–water partition coefficient (Wildman–Crippen LogP) is 4.83. The fraction of sp³-hybridized carbons (Fsp3) is 0.217. The van der Waals surface area contributed by atoms with Gasteiger partial charge in [0, 0.05) is 11.4 Å². The molecule has 1 heterocycles. The van der Waals surface area contributed by atoms with E-state index in [0.717, 1.165) is 5.56 Å². The third kappa shape index (κ3) is 3.60. The molecular weight excluding hydrogens is 357 g/mol. The van der Waals surface area contributed by atoms with E-state index in [2.05, 4.69) is 13.8 Å². The molecule has 0 bridgehead atoms. The minimum absolute atomic E-state index is 0.183. The molecule has 0 aliphatic carbocycles. The van der Waals surface area contributed by atoms with E-state index in [0.29, 0.717) is 22.9 Å². The molecule has 4 nitrogen and oxygen atoms in total. The van der Waals surface area contributed by atoms with Crippen molar-refractivity contribution in [2.24, 2.45) is 0 Å². The topological polar surface area (TPSA) is 46.6 Å². The van der Waals surface area contributed by atoms with E-state index in [1.807, 2.05) is 24.3 Å². The first-order valence-electron chi connectivity index (χ1n) is 9.04. The van der Waals surface area contributed by atoms with E-state index in [1.54, 1.807) is 19.1 Å². The van der Waals surface area contributed by atoms with E-state index >= 15 is 0 Å². The molecular formula is C23H22FNO3. The maximum atomic E-state index is 13.6. The highest BCUT2D eigenvalue weighted by Crippen LogP contribution is 2.35. The van der Waals surface area contributed by atoms with Gasteiger partial charge in [-0.05, 0) is 54.3 Å². The van der Waals surface area contributed by atoms with Gasteiger partial charge >= 0.3 is 5.97 Å². The van der Waals surface area contributed by atoms with Crippen molar-refractivity contribution in [3.8, 4) is 0 Å². The summed E-state index contributed by atoms with van der Waals surface area (Å²) in [5.74, 6) is -0.996. The Morgan fingerprint density at radius 1 is 1.14 bits per heavy atom.